The summed E-state index contributed by atoms with van der Waals surface area (Å²) in [6, 6.07) is 21.8. The van der Waals surface area contributed by atoms with Crippen LogP contribution in [0.2, 0.25) is 0 Å². The highest BCUT2D eigenvalue weighted by Crippen LogP contribution is 2.18. The second kappa shape index (κ2) is 9.08. The summed E-state index contributed by atoms with van der Waals surface area (Å²) in [4.78, 5) is 14.6. The van der Waals surface area contributed by atoms with Crippen LogP contribution in [0.25, 0.3) is 0 Å². The second-order valence-electron chi connectivity index (χ2n) is 6.94. The zero-order valence-electron chi connectivity index (χ0n) is 15.9. The van der Waals surface area contributed by atoms with Crippen molar-refractivity contribution < 1.29 is 9.21 Å². The lowest BCUT2D eigenvalue weighted by Crippen LogP contribution is -2.36. The monoisotopic (exact) mass is 362 g/mol. The summed E-state index contributed by atoms with van der Waals surface area (Å²) in [6.07, 6.45) is 2.43. The van der Waals surface area contributed by atoms with Crippen LogP contribution >= 0.6 is 0 Å². The predicted molar refractivity (Wildman–Crippen MR) is 109 cm³/mol. The smallest absolute Gasteiger partial charge is 0.322 e. The molecule has 1 aromatic heterocycles. The van der Waals surface area contributed by atoms with Crippen molar-refractivity contribution in [3.05, 3.63) is 89.9 Å². The van der Waals surface area contributed by atoms with E-state index in [-0.39, 0.29) is 6.03 Å². The van der Waals surface area contributed by atoms with Gasteiger partial charge in [-0.1, -0.05) is 56.3 Å². The number of urea groups is 1. The van der Waals surface area contributed by atoms with Crippen molar-refractivity contribution in [2.45, 2.75) is 32.7 Å². The Morgan fingerprint density at radius 2 is 1.74 bits per heavy atom. The van der Waals surface area contributed by atoms with Crippen LogP contribution in [0.15, 0.2) is 77.4 Å². The fourth-order valence-corrected chi connectivity index (χ4v) is 2.91. The van der Waals surface area contributed by atoms with Crippen molar-refractivity contribution in [3.8, 4) is 0 Å². The van der Waals surface area contributed by atoms with Crippen LogP contribution in [0.3, 0.4) is 0 Å². The quantitative estimate of drug-likeness (QED) is 0.588. The number of rotatable bonds is 7. The average molecular weight is 362 g/mol. The van der Waals surface area contributed by atoms with Crippen molar-refractivity contribution >= 4 is 11.7 Å². The van der Waals surface area contributed by atoms with Crippen LogP contribution in [0.1, 0.15) is 36.7 Å². The maximum atomic E-state index is 12.9. The Balaban J connectivity index is 1.67. The molecule has 3 aromatic rings. The maximum absolute atomic E-state index is 12.9. The Labute approximate surface area is 160 Å². The zero-order chi connectivity index (χ0) is 19.1. The van der Waals surface area contributed by atoms with Crippen molar-refractivity contribution in [2.75, 3.05) is 11.9 Å². The van der Waals surface area contributed by atoms with Crippen LogP contribution in [-0.2, 0) is 13.0 Å². The first-order valence-electron chi connectivity index (χ1n) is 9.34. The van der Waals surface area contributed by atoms with Gasteiger partial charge in [0.25, 0.3) is 0 Å². The van der Waals surface area contributed by atoms with Gasteiger partial charge in [-0.25, -0.2) is 4.79 Å². The molecule has 140 valence electrons. The number of amides is 2. The molecule has 0 aliphatic heterocycles. The van der Waals surface area contributed by atoms with Crippen molar-refractivity contribution in [2.24, 2.45) is 0 Å². The highest BCUT2D eigenvalue weighted by Gasteiger charge is 2.16. The van der Waals surface area contributed by atoms with Gasteiger partial charge in [0, 0.05) is 12.2 Å². The molecule has 4 heteroatoms. The number of nitrogens with zero attached hydrogens (tertiary/aromatic N) is 1. The summed E-state index contributed by atoms with van der Waals surface area (Å²) < 4.78 is 5.44. The van der Waals surface area contributed by atoms with E-state index in [4.69, 9.17) is 4.42 Å². The molecule has 0 atom stereocenters. The molecule has 0 spiro atoms. The molecule has 1 heterocycles. The molecule has 0 bridgehead atoms. The van der Waals surface area contributed by atoms with Gasteiger partial charge in [0.05, 0.1) is 12.8 Å². The lowest BCUT2D eigenvalue weighted by atomic mass is 10.0. The first-order chi connectivity index (χ1) is 13.1. The van der Waals surface area contributed by atoms with Gasteiger partial charge >= 0.3 is 6.03 Å². The summed E-state index contributed by atoms with van der Waals surface area (Å²) in [5.41, 5.74) is 3.26. The minimum Gasteiger partial charge on any atom is -0.467 e. The molecule has 2 aromatic carbocycles. The van der Waals surface area contributed by atoms with E-state index in [0.717, 1.165) is 17.9 Å². The normalized spacial score (nSPS) is 10.8. The Hall–Kier alpha value is -3.01. The molecule has 27 heavy (non-hydrogen) atoms. The van der Waals surface area contributed by atoms with Gasteiger partial charge in [0.1, 0.15) is 5.76 Å². The molecule has 0 fully saturated rings. The topological polar surface area (TPSA) is 45.5 Å². The first-order valence-corrected chi connectivity index (χ1v) is 9.34. The standard InChI is InChI=1S/C23H26N2O2/c1-18(2)20-10-12-21(13-11-20)24-23(26)25(17-22-9-6-16-27-22)15-14-19-7-4-3-5-8-19/h3-13,16,18H,14-15,17H2,1-2H3,(H,24,26). The molecule has 0 aliphatic rings. The largest absolute Gasteiger partial charge is 0.467 e. The van der Waals surface area contributed by atoms with Crippen LogP contribution in [-0.4, -0.2) is 17.5 Å². The van der Waals surface area contributed by atoms with E-state index in [2.05, 4.69) is 43.4 Å². The lowest BCUT2D eigenvalue weighted by Gasteiger charge is -2.22. The van der Waals surface area contributed by atoms with E-state index in [9.17, 15) is 4.79 Å². The summed E-state index contributed by atoms with van der Waals surface area (Å²) in [7, 11) is 0. The molecular formula is C23H26N2O2. The number of hydrogen-bond acceptors (Lipinski definition) is 2. The number of hydrogen-bond donors (Lipinski definition) is 1. The molecule has 0 aliphatic carbocycles. The number of carbonyl (C=O) groups is 1. The van der Waals surface area contributed by atoms with Crippen molar-refractivity contribution in [1.29, 1.82) is 0 Å². The van der Waals surface area contributed by atoms with Gasteiger partial charge in [-0.2, -0.15) is 0 Å². The minimum absolute atomic E-state index is 0.125. The zero-order valence-corrected chi connectivity index (χ0v) is 15.9. The third-order valence-corrected chi connectivity index (χ3v) is 4.56. The Morgan fingerprint density at radius 3 is 2.37 bits per heavy atom. The maximum Gasteiger partial charge on any atom is 0.322 e. The van der Waals surface area contributed by atoms with Crippen LogP contribution in [0, 0.1) is 0 Å². The third kappa shape index (κ3) is 5.48. The number of carbonyl (C=O) groups excluding carboxylic acids is 1. The fraction of sp³-hybridized carbons (Fsp3) is 0.261. The van der Waals surface area contributed by atoms with Gasteiger partial charge in [-0.3, -0.25) is 0 Å². The van der Waals surface area contributed by atoms with Crippen LogP contribution < -0.4 is 5.32 Å². The number of furan rings is 1. The summed E-state index contributed by atoms with van der Waals surface area (Å²) in [5, 5.41) is 3.00. The molecule has 3 rings (SSSR count). The Morgan fingerprint density at radius 1 is 1.00 bits per heavy atom. The van der Waals surface area contributed by atoms with E-state index < -0.39 is 0 Å². The summed E-state index contributed by atoms with van der Waals surface area (Å²) >= 11 is 0. The Bertz CT molecular complexity index is 825. The van der Waals surface area contributed by atoms with Crippen LogP contribution in [0.5, 0.6) is 0 Å². The van der Waals surface area contributed by atoms with Gasteiger partial charge in [0.2, 0.25) is 0 Å². The second-order valence-corrected chi connectivity index (χ2v) is 6.94. The summed E-state index contributed by atoms with van der Waals surface area (Å²) in [5.74, 6) is 1.24. The molecule has 4 nitrogen and oxygen atoms in total. The average Bonchev–Trinajstić information content (AvgIpc) is 3.19. The van der Waals surface area contributed by atoms with Gasteiger partial charge < -0.3 is 14.6 Å². The molecule has 0 saturated carbocycles. The van der Waals surface area contributed by atoms with E-state index >= 15 is 0 Å². The van der Waals surface area contributed by atoms with E-state index in [1.54, 1.807) is 11.2 Å². The highest BCUT2D eigenvalue weighted by atomic mass is 16.3. The highest BCUT2D eigenvalue weighted by molar-refractivity contribution is 5.89. The fourth-order valence-electron chi connectivity index (χ4n) is 2.91. The van der Waals surface area contributed by atoms with Crippen LogP contribution in [0.4, 0.5) is 10.5 Å². The number of benzene rings is 2. The van der Waals surface area contributed by atoms with Gasteiger partial charge in [-0.05, 0) is 47.7 Å². The number of nitrogens with one attached hydrogen (secondary N) is 1. The molecule has 1 N–H and O–H groups in total. The van der Waals surface area contributed by atoms with E-state index in [1.165, 1.54) is 11.1 Å². The van der Waals surface area contributed by atoms with Gasteiger partial charge in [0.15, 0.2) is 0 Å². The van der Waals surface area contributed by atoms with E-state index in [1.807, 2.05) is 42.5 Å². The Kier molecular flexibility index (Phi) is 6.31. The number of anilines is 1. The summed E-state index contributed by atoms with van der Waals surface area (Å²) in [6.45, 7) is 5.36. The lowest BCUT2D eigenvalue weighted by molar-refractivity contribution is 0.205. The van der Waals surface area contributed by atoms with Crippen molar-refractivity contribution in [1.82, 2.24) is 4.90 Å². The molecule has 0 radical (unpaired) electrons. The molecular weight excluding hydrogens is 336 g/mol. The molecule has 0 saturated heterocycles. The minimum atomic E-state index is -0.125. The third-order valence-electron chi connectivity index (χ3n) is 4.56. The SMILES string of the molecule is CC(C)c1ccc(NC(=O)N(CCc2ccccc2)Cc2ccco2)cc1. The first kappa shape index (κ1) is 18.8. The van der Waals surface area contributed by atoms with Gasteiger partial charge in [-0.15, -0.1) is 0 Å². The predicted octanol–water partition coefficient (Wildman–Crippen LogP) is 5.68. The molecule has 0 unspecified atom stereocenters. The molecule has 2 amide bonds. The van der Waals surface area contributed by atoms with E-state index in [0.29, 0.717) is 19.0 Å². The van der Waals surface area contributed by atoms with Crippen molar-refractivity contribution in [3.63, 3.8) is 0 Å².